The number of carboxylic acids is 1. The normalized spacial score (nSPS) is 22.7. The van der Waals surface area contributed by atoms with E-state index in [-0.39, 0.29) is 4.83 Å². The number of carboxylic acid groups (broad SMARTS) is 1. The largest absolute Gasteiger partial charge is 0.481 e. The van der Waals surface area contributed by atoms with Gasteiger partial charge >= 0.3 is 5.97 Å². The Kier molecular flexibility index (Phi) is 2.85. The van der Waals surface area contributed by atoms with Crippen LogP contribution >= 0.6 is 15.9 Å². The molecule has 0 bridgehead atoms. The molecule has 0 radical (unpaired) electrons. The summed E-state index contributed by atoms with van der Waals surface area (Å²) in [6, 6.07) is 0. The fraction of sp³-hybridized carbons (Fsp3) is 0.625. The predicted octanol–water partition coefficient (Wildman–Crippen LogP) is 1.34. The molecule has 1 aliphatic rings. The molecule has 5 heteroatoms. The van der Waals surface area contributed by atoms with Gasteiger partial charge in [-0.15, -0.1) is 0 Å². The smallest absolute Gasteiger partial charge is 0.316 e. The molecule has 1 rings (SSSR count). The maximum atomic E-state index is 10.8. The van der Waals surface area contributed by atoms with E-state index < -0.39 is 11.4 Å². The highest BCUT2D eigenvalue weighted by molar-refractivity contribution is 9.10. The molecule has 4 nitrogen and oxygen atoms in total. The molecule has 0 amide bonds. The quantitative estimate of drug-likeness (QED) is 0.748. The average molecular weight is 247 g/mol. The lowest BCUT2D eigenvalue weighted by molar-refractivity contribution is -0.143. The van der Waals surface area contributed by atoms with Crippen LogP contribution in [0.5, 0.6) is 0 Å². The Bertz CT molecular complexity index is 284. The van der Waals surface area contributed by atoms with Gasteiger partial charge in [0.2, 0.25) is 0 Å². The Morgan fingerprint density at radius 2 is 2.38 bits per heavy atom. The van der Waals surface area contributed by atoms with Crippen molar-refractivity contribution < 1.29 is 9.90 Å². The van der Waals surface area contributed by atoms with Crippen molar-refractivity contribution in [3.63, 3.8) is 0 Å². The van der Waals surface area contributed by atoms with Crippen molar-refractivity contribution in [3.05, 3.63) is 0 Å². The molecular weight excluding hydrogens is 236 g/mol. The Hall–Kier alpha value is -0.710. The molecule has 1 N–H and O–H groups in total. The van der Waals surface area contributed by atoms with Crippen molar-refractivity contribution in [2.75, 3.05) is 6.54 Å². The fourth-order valence-electron chi connectivity index (χ4n) is 0.868. The zero-order valence-corrected chi connectivity index (χ0v) is 9.08. The Labute approximate surface area is 84.9 Å². The summed E-state index contributed by atoms with van der Waals surface area (Å²) in [5.41, 5.74) is -0.996. The van der Waals surface area contributed by atoms with Crippen LogP contribution in [0.4, 0.5) is 0 Å². The molecule has 0 aromatic carbocycles. The van der Waals surface area contributed by atoms with E-state index in [0.717, 1.165) is 0 Å². The van der Waals surface area contributed by atoms with E-state index >= 15 is 0 Å². The third-order valence-corrected chi connectivity index (χ3v) is 2.39. The van der Waals surface area contributed by atoms with Crippen LogP contribution < -0.4 is 0 Å². The van der Waals surface area contributed by atoms with Gasteiger partial charge in [-0.05, 0) is 13.8 Å². The molecule has 0 saturated carbocycles. The van der Waals surface area contributed by atoms with Gasteiger partial charge in [0.05, 0.1) is 11.4 Å². The lowest BCUT2D eigenvalue weighted by Gasteiger charge is -2.21. The second-order valence-corrected chi connectivity index (χ2v) is 4.56. The van der Waals surface area contributed by atoms with Gasteiger partial charge in [-0.3, -0.25) is 9.79 Å². The number of aliphatic carboxylic acids is 1. The highest BCUT2D eigenvalue weighted by atomic mass is 79.9. The van der Waals surface area contributed by atoms with Gasteiger partial charge in [0.1, 0.15) is 11.3 Å². The second-order valence-electron chi connectivity index (χ2n) is 3.39. The monoisotopic (exact) mass is 246 g/mol. The molecule has 13 heavy (non-hydrogen) atoms. The zero-order valence-electron chi connectivity index (χ0n) is 7.49. The van der Waals surface area contributed by atoms with Gasteiger partial charge in [-0.1, -0.05) is 15.9 Å². The summed E-state index contributed by atoms with van der Waals surface area (Å²) in [6.07, 6.45) is 1.67. The van der Waals surface area contributed by atoms with Crippen LogP contribution in [0.1, 0.15) is 13.8 Å². The number of alkyl halides is 1. The molecule has 1 aliphatic heterocycles. The Balaban J connectivity index is 2.86. The van der Waals surface area contributed by atoms with Crippen molar-refractivity contribution in [1.29, 1.82) is 0 Å². The predicted molar refractivity (Wildman–Crippen MR) is 54.9 cm³/mol. The molecule has 1 unspecified atom stereocenters. The maximum absolute atomic E-state index is 10.8. The molecule has 72 valence electrons. The molecule has 0 spiro atoms. The van der Waals surface area contributed by atoms with Gasteiger partial charge < -0.3 is 5.11 Å². The van der Waals surface area contributed by atoms with Crippen LogP contribution in [-0.4, -0.2) is 34.5 Å². The standard InChI is InChI=1S/C8H11BrN2O2/c1-8(2,7(12)13)6-10-3-5(9)4-11-6/h3,5H,4H2,1-2H3,(H,12,13). The molecule has 0 aromatic rings. The van der Waals surface area contributed by atoms with Crippen molar-refractivity contribution in [2.24, 2.45) is 15.4 Å². The van der Waals surface area contributed by atoms with Crippen molar-refractivity contribution in [1.82, 2.24) is 0 Å². The second kappa shape index (κ2) is 3.57. The Morgan fingerprint density at radius 3 is 2.77 bits per heavy atom. The van der Waals surface area contributed by atoms with Crippen LogP contribution in [0.25, 0.3) is 0 Å². The number of hydrogen-bond acceptors (Lipinski definition) is 3. The molecule has 0 saturated heterocycles. The first-order chi connectivity index (χ1) is 5.94. The molecule has 0 aliphatic carbocycles. The summed E-state index contributed by atoms with van der Waals surface area (Å²) in [6.45, 7) is 3.75. The Morgan fingerprint density at radius 1 is 1.77 bits per heavy atom. The minimum absolute atomic E-state index is 0.126. The van der Waals surface area contributed by atoms with E-state index in [1.165, 1.54) is 0 Å². The summed E-state index contributed by atoms with van der Waals surface area (Å²) in [7, 11) is 0. The topological polar surface area (TPSA) is 62.0 Å². The van der Waals surface area contributed by atoms with Gasteiger partial charge in [0, 0.05) is 6.21 Å². The lowest BCUT2D eigenvalue weighted by atomic mass is 9.92. The van der Waals surface area contributed by atoms with Crippen LogP contribution in [-0.2, 0) is 4.79 Å². The van der Waals surface area contributed by atoms with Gasteiger partial charge in [-0.25, -0.2) is 4.99 Å². The number of aliphatic imine (C=N–C) groups is 2. The van der Waals surface area contributed by atoms with Gasteiger partial charge in [0.25, 0.3) is 0 Å². The van der Waals surface area contributed by atoms with Gasteiger partial charge in [0.15, 0.2) is 0 Å². The average Bonchev–Trinajstić information content (AvgIpc) is 2.04. The summed E-state index contributed by atoms with van der Waals surface area (Å²) in [5.74, 6) is -0.521. The minimum atomic E-state index is -0.996. The van der Waals surface area contributed by atoms with Crippen LogP contribution in [0.15, 0.2) is 9.98 Å². The van der Waals surface area contributed by atoms with E-state index in [0.29, 0.717) is 12.4 Å². The third-order valence-electron chi connectivity index (χ3n) is 1.87. The number of halogens is 1. The van der Waals surface area contributed by atoms with Crippen molar-refractivity contribution in [3.8, 4) is 0 Å². The molecule has 1 atom stereocenters. The number of carbonyl (C=O) groups is 1. The number of nitrogens with zero attached hydrogens (tertiary/aromatic N) is 2. The van der Waals surface area contributed by atoms with E-state index in [2.05, 4.69) is 25.9 Å². The third kappa shape index (κ3) is 2.15. The number of amidine groups is 1. The molecule has 1 heterocycles. The van der Waals surface area contributed by atoms with E-state index in [1.807, 2.05) is 0 Å². The fourth-order valence-corrected chi connectivity index (χ4v) is 1.13. The van der Waals surface area contributed by atoms with E-state index in [1.54, 1.807) is 20.1 Å². The van der Waals surface area contributed by atoms with E-state index in [9.17, 15) is 4.79 Å². The summed E-state index contributed by atoms with van der Waals surface area (Å²) < 4.78 is 0. The number of rotatable bonds is 2. The first-order valence-corrected chi connectivity index (χ1v) is 4.82. The van der Waals surface area contributed by atoms with Crippen LogP contribution in [0.3, 0.4) is 0 Å². The number of hydrogen-bond donors (Lipinski definition) is 1. The molecular formula is C8H11BrN2O2. The highest BCUT2D eigenvalue weighted by Gasteiger charge is 2.34. The van der Waals surface area contributed by atoms with Crippen molar-refractivity contribution >= 4 is 33.9 Å². The van der Waals surface area contributed by atoms with Crippen molar-refractivity contribution in [2.45, 2.75) is 18.7 Å². The van der Waals surface area contributed by atoms with Gasteiger partial charge in [-0.2, -0.15) is 0 Å². The zero-order chi connectivity index (χ0) is 10.1. The van der Waals surface area contributed by atoms with E-state index in [4.69, 9.17) is 5.11 Å². The summed E-state index contributed by atoms with van der Waals surface area (Å²) >= 11 is 3.32. The summed E-state index contributed by atoms with van der Waals surface area (Å²) in [5, 5.41) is 8.89. The van der Waals surface area contributed by atoms with Crippen LogP contribution in [0, 0.1) is 5.41 Å². The molecule has 0 aromatic heterocycles. The SMILES string of the molecule is CC(C)(C(=O)O)C1=NCC(Br)C=N1. The lowest BCUT2D eigenvalue weighted by Crippen LogP contribution is -2.34. The minimum Gasteiger partial charge on any atom is -0.481 e. The summed E-state index contributed by atoms with van der Waals surface area (Å²) in [4.78, 5) is 19.1. The first kappa shape index (κ1) is 10.4. The highest BCUT2D eigenvalue weighted by Crippen LogP contribution is 2.21. The maximum Gasteiger partial charge on any atom is 0.316 e. The van der Waals surface area contributed by atoms with Crippen LogP contribution in [0.2, 0.25) is 0 Å². The first-order valence-electron chi connectivity index (χ1n) is 3.91. The molecule has 0 fully saturated rings.